The number of rotatable bonds is 7. The van der Waals surface area contributed by atoms with E-state index in [0.29, 0.717) is 6.54 Å². The Kier molecular flexibility index (Phi) is 6.56. The summed E-state index contributed by atoms with van der Waals surface area (Å²) < 4.78 is 26.3. The summed E-state index contributed by atoms with van der Waals surface area (Å²) >= 11 is 2.70. The van der Waals surface area contributed by atoms with E-state index >= 15 is 0 Å². The number of benzene rings is 1. The summed E-state index contributed by atoms with van der Waals surface area (Å²) in [6, 6.07) is 7.46. The summed E-state index contributed by atoms with van der Waals surface area (Å²) in [4.78, 5) is 15.4. The first-order chi connectivity index (χ1) is 11.0. The van der Waals surface area contributed by atoms with Crippen molar-refractivity contribution in [1.29, 1.82) is 0 Å². The molecule has 1 unspecified atom stereocenters. The van der Waals surface area contributed by atoms with Crippen LogP contribution in [0.3, 0.4) is 0 Å². The summed E-state index contributed by atoms with van der Waals surface area (Å²) in [6.45, 7) is 0.485. The molecule has 23 heavy (non-hydrogen) atoms. The van der Waals surface area contributed by atoms with Crippen molar-refractivity contribution < 1.29 is 13.6 Å². The van der Waals surface area contributed by atoms with Crippen LogP contribution in [0.2, 0.25) is 0 Å². The highest BCUT2D eigenvalue weighted by atomic mass is 32.2. The van der Waals surface area contributed by atoms with E-state index in [1.165, 1.54) is 17.0 Å². The molecule has 1 aromatic heterocycles. The topological polar surface area (TPSA) is 32.3 Å². The Labute approximate surface area is 142 Å². The Morgan fingerprint density at radius 2 is 2.13 bits per heavy atom. The molecule has 3 nitrogen and oxygen atoms in total. The number of hydrogen-bond donors (Lipinski definition) is 1. The van der Waals surface area contributed by atoms with Gasteiger partial charge in [0.2, 0.25) is 5.91 Å². The predicted octanol–water partition coefficient (Wildman–Crippen LogP) is 3.54. The highest BCUT2D eigenvalue weighted by Crippen LogP contribution is 2.23. The average molecular weight is 356 g/mol. The van der Waals surface area contributed by atoms with E-state index in [0.717, 1.165) is 17.8 Å². The number of thioether (sulfide) groups is 1. The fourth-order valence-electron chi connectivity index (χ4n) is 2.02. The molecule has 124 valence electrons. The molecular formula is C16H18F2N2OS2. The number of halogens is 2. The largest absolute Gasteiger partial charge is 0.353 e. The first kappa shape index (κ1) is 17.9. The third kappa shape index (κ3) is 5.30. The number of hydrogen-bond acceptors (Lipinski definition) is 4. The molecule has 0 fully saturated rings. The van der Waals surface area contributed by atoms with E-state index in [2.05, 4.69) is 5.32 Å². The van der Waals surface area contributed by atoms with Crippen LogP contribution in [0.1, 0.15) is 10.9 Å². The maximum atomic E-state index is 13.5. The molecule has 0 saturated heterocycles. The number of carbonyl (C=O) groups excluding carboxylic acids is 1. The van der Waals surface area contributed by atoms with Crippen molar-refractivity contribution in [1.82, 2.24) is 10.2 Å². The Bertz CT molecular complexity index is 648. The summed E-state index contributed by atoms with van der Waals surface area (Å²) in [7, 11) is 3.92. The van der Waals surface area contributed by atoms with Gasteiger partial charge in [-0.3, -0.25) is 4.79 Å². The summed E-state index contributed by atoms with van der Waals surface area (Å²) in [5, 5.41) is 4.86. The van der Waals surface area contributed by atoms with Crippen LogP contribution in [0.15, 0.2) is 40.6 Å². The lowest BCUT2D eigenvalue weighted by molar-refractivity contribution is -0.118. The molecule has 1 N–H and O–H groups in total. The minimum absolute atomic E-state index is 0.0904. The van der Waals surface area contributed by atoms with Gasteiger partial charge in [-0.1, -0.05) is 6.07 Å². The van der Waals surface area contributed by atoms with E-state index in [1.807, 2.05) is 36.5 Å². The number of carbonyl (C=O) groups is 1. The zero-order valence-electron chi connectivity index (χ0n) is 12.9. The van der Waals surface area contributed by atoms with Gasteiger partial charge in [-0.15, -0.1) is 23.1 Å². The lowest BCUT2D eigenvalue weighted by atomic mass is 10.2. The van der Waals surface area contributed by atoms with Gasteiger partial charge in [-0.05, 0) is 37.7 Å². The zero-order chi connectivity index (χ0) is 16.8. The lowest BCUT2D eigenvalue weighted by Gasteiger charge is -2.23. The van der Waals surface area contributed by atoms with Crippen LogP contribution in [-0.2, 0) is 4.79 Å². The lowest BCUT2D eigenvalue weighted by Crippen LogP contribution is -2.35. The first-order valence-corrected chi connectivity index (χ1v) is 8.88. The van der Waals surface area contributed by atoms with E-state index in [1.54, 1.807) is 11.3 Å². The Morgan fingerprint density at radius 3 is 2.74 bits per heavy atom. The van der Waals surface area contributed by atoms with Crippen LogP contribution in [0, 0.1) is 11.6 Å². The third-order valence-corrected chi connectivity index (χ3v) is 5.26. The van der Waals surface area contributed by atoms with E-state index in [9.17, 15) is 13.6 Å². The average Bonchev–Trinajstić information content (AvgIpc) is 3.00. The van der Waals surface area contributed by atoms with Gasteiger partial charge in [0, 0.05) is 22.4 Å². The summed E-state index contributed by atoms with van der Waals surface area (Å²) in [6.07, 6.45) is 0. The van der Waals surface area contributed by atoms with E-state index in [4.69, 9.17) is 0 Å². The summed E-state index contributed by atoms with van der Waals surface area (Å²) in [5.74, 6) is -1.36. The number of amides is 1. The number of nitrogens with zero attached hydrogens (tertiary/aromatic N) is 1. The minimum atomic E-state index is -0.646. The molecular weight excluding hydrogens is 338 g/mol. The predicted molar refractivity (Wildman–Crippen MR) is 90.8 cm³/mol. The number of nitrogens with one attached hydrogen (secondary N) is 1. The molecule has 1 heterocycles. The van der Waals surface area contributed by atoms with Crippen LogP contribution in [0.25, 0.3) is 0 Å². The van der Waals surface area contributed by atoms with Gasteiger partial charge in [0.1, 0.15) is 11.6 Å². The van der Waals surface area contributed by atoms with Crippen LogP contribution in [0.5, 0.6) is 0 Å². The van der Waals surface area contributed by atoms with Gasteiger partial charge >= 0.3 is 0 Å². The van der Waals surface area contributed by atoms with Crippen LogP contribution >= 0.6 is 23.1 Å². The Balaban J connectivity index is 1.84. The molecule has 1 amide bonds. The van der Waals surface area contributed by atoms with Gasteiger partial charge in [0.15, 0.2) is 0 Å². The van der Waals surface area contributed by atoms with Crippen molar-refractivity contribution in [2.45, 2.75) is 10.9 Å². The van der Waals surface area contributed by atoms with Crippen LogP contribution in [-0.4, -0.2) is 37.2 Å². The molecule has 0 aliphatic heterocycles. The van der Waals surface area contributed by atoms with Crippen molar-refractivity contribution in [3.05, 3.63) is 52.2 Å². The molecule has 1 aromatic carbocycles. The summed E-state index contributed by atoms with van der Waals surface area (Å²) in [5.41, 5.74) is 0. The molecule has 2 rings (SSSR count). The maximum absolute atomic E-state index is 13.5. The minimum Gasteiger partial charge on any atom is -0.353 e. The molecule has 0 saturated carbocycles. The fourth-order valence-corrected chi connectivity index (χ4v) is 3.69. The Morgan fingerprint density at radius 1 is 1.35 bits per heavy atom. The van der Waals surface area contributed by atoms with E-state index in [-0.39, 0.29) is 22.6 Å². The molecule has 7 heteroatoms. The molecule has 2 aromatic rings. The van der Waals surface area contributed by atoms with Crippen LogP contribution in [0.4, 0.5) is 8.78 Å². The smallest absolute Gasteiger partial charge is 0.230 e. The fraction of sp³-hybridized carbons (Fsp3) is 0.312. The van der Waals surface area contributed by atoms with Gasteiger partial charge in [-0.2, -0.15) is 0 Å². The van der Waals surface area contributed by atoms with Crippen molar-refractivity contribution in [2.24, 2.45) is 0 Å². The zero-order valence-corrected chi connectivity index (χ0v) is 14.5. The highest BCUT2D eigenvalue weighted by molar-refractivity contribution is 8.00. The third-order valence-electron chi connectivity index (χ3n) is 3.24. The van der Waals surface area contributed by atoms with Crippen molar-refractivity contribution >= 4 is 29.0 Å². The second kappa shape index (κ2) is 8.42. The number of thiophene rings is 1. The van der Waals surface area contributed by atoms with Gasteiger partial charge in [0.25, 0.3) is 0 Å². The van der Waals surface area contributed by atoms with Crippen molar-refractivity contribution in [3.63, 3.8) is 0 Å². The standard InChI is InChI=1S/C16H18F2N2OS2/c1-20(2)13(15-4-3-7-22-15)9-19-16(21)10-23-14-6-5-11(17)8-12(14)18/h3-8,13H,9-10H2,1-2H3,(H,19,21). The van der Waals surface area contributed by atoms with Crippen molar-refractivity contribution in [3.8, 4) is 0 Å². The monoisotopic (exact) mass is 356 g/mol. The van der Waals surface area contributed by atoms with Gasteiger partial charge < -0.3 is 10.2 Å². The van der Waals surface area contributed by atoms with E-state index < -0.39 is 11.6 Å². The molecule has 0 radical (unpaired) electrons. The van der Waals surface area contributed by atoms with Gasteiger partial charge in [-0.25, -0.2) is 8.78 Å². The second-order valence-electron chi connectivity index (χ2n) is 5.16. The SMILES string of the molecule is CN(C)C(CNC(=O)CSc1ccc(F)cc1F)c1cccs1. The maximum Gasteiger partial charge on any atom is 0.230 e. The molecule has 0 aliphatic rings. The molecule has 0 aliphatic carbocycles. The molecule has 0 spiro atoms. The number of likely N-dealkylation sites (N-methyl/N-ethyl adjacent to an activating group) is 1. The molecule has 0 bridgehead atoms. The molecule has 1 atom stereocenters. The normalized spacial score (nSPS) is 12.4. The quantitative estimate of drug-likeness (QED) is 0.770. The second-order valence-corrected chi connectivity index (χ2v) is 7.16. The van der Waals surface area contributed by atoms with Gasteiger partial charge in [0.05, 0.1) is 11.8 Å². The Hall–Kier alpha value is -1.44. The highest BCUT2D eigenvalue weighted by Gasteiger charge is 2.16. The van der Waals surface area contributed by atoms with Crippen LogP contribution < -0.4 is 5.32 Å². The van der Waals surface area contributed by atoms with Crippen molar-refractivity contribution in [2.75, 3.05) is 26.4 Å². The first-order valence-electron chi connectivity index (χ1n) is 7.01.